The Hall–Kier alpha value is -2.40. The lowest BCUT2D eigenvalue weighted by Crippen LogP contribution is -2.35. The summed E-state index contributed by atoms with van der Waals surface area (Å²) in [6, 6.07) is 10.1. The van der Waals surface area contributed by atoms with Crippen LogP contribution in [0.2, 0.25) is 0 Å². The molecule has 0 saturated heterocycles. The van der Waals surface area contributed by atoms with Crippen LogP contribution in [0.3, 0.4) is 0 Å². The zero-order valence-electron chi connectivity index (χ0n) is 17.7. The van der Waals surface area contributed by atoms with Crippen molar-refractivity contribution in [1.82, 2.24) is 14.3 Å². The molecular formula is C22H22N4O3S3. The van der Waals surface area contributed by atoms with Gasteiger partial charge in [0.05, 0.1) is 24.8 Å². The highest BCUT2D eigenvalue weighted by Gasteiger charge is 2.30. The molecule has 1 aliphatic carbocycles. The summed E-state index contributed by atoms with van der Waals surface area (Å²) in [5.74, 6) is -0.331. The Labute approximate surface area is 194 Å². The van der Waals surface area contributed by atoms with Gasteiger partial charge in [-0.3, -0.25) is 10.1 Å². The van der Waals surface area contributed by atoms with Crippen molar-refractivity contribution < 1.29 is 13.2 Å². The Kier molecular flexibility index (Phi) is 5.48. The number of nitrogens with one attached hydrogen (secondary N) is 1. The molecule has 0 unspecified atom stereocenters. The summed E-state index contributed by atoms with van der Waals surface area (Å²) in [6.45, 7) is 1.97. The van der Waals surface area contributed by atoms with Crippen molar-refractivity contribution >= 4 is 64.2 Å². The zero-order chi connectivity index (χ0) is 22.5. The van der Waals surface area contributed by atoms with Gasteiger partial charge in [0, 0.05) is 18.7 Å². The summed E-state index contributed by atoms with van der Waals surface area (Å²) in [5, 5.41) is 4.30. The summed E-state index contributed by atoms with van der Waals surface area (Å²) in [6.07, 6.45) is 3.91. The van der Waals surface area contributed by atoms with Crippen molar-refractivity contribution in [3.05, 3.63) is 47.0 Å². The highest BCUT2D eigenvalue weighted by molar-refractivity contribution is 7.89. The number of thiazole rings is 2. The smallest absolute Gasteiger partial charge is 0.257 e. The van der Waals surface area contributed by atoms with Crippen molar-refractivity contribution in [2.45, 2.75) is 43.5 Å². The number of aryl methyl sites for hydroxylation is 1. The lowest BCUT2D eigenvalue weighted by Gasteiger charge is -2.23. The summed E-state index contributed by atoms with van der Waals surface area (Å²) in [5.41, 5.74) is 2.07. The van der Waals surface area contributed by atoms with E-state index in [1.54, 1.807) is 30.5 Å². The second-order valence-electron chi connectivity index (χ2n) is 7.95. The zero-order valence-corrected chi connectivity index (χ0v) is 20.1. The molecular weight excluding hydrogens is 464 g/mol. The minimum absolute atomic E-state index is 0.0509. The molecule has 1 amide bonds. The van der Waals surface area contributed by atoms with Gasteiger partial charge in [-0.05, 0) is 56.2 Å². The molecule has 1 fully saturated rings. The predicted molar refractivity (Wildman–Crippen MR) is 129 cm³/mol. The Morgan fingerprint density at radius 2 is 1.78 bits per heavy atom. The van der Waals surface area contributed by atoms with E-state index in [1.165, 1.54) is 27.8 Å². The van der Waals surface area contributed by atoms with Crippen LogP contribution in [0.15, 0.2) is 41.3 Å². The first-order chi connectivity index (χ1) is 15.3. The molecule has 166 valence electrons. The van der Waals surface area contributed by atoms with Gasteiger partial charge in [0.15, 0.2) is 5.13 Å². The summed E-state index contributed by atoms with van der Waals surface area (Å²) >= 11 is 3.02. The monoisotopic (exact) mass is 486 g/mol. The summed E-state index contributed by atoms with van der Waals surface area (Å²) in [7, 11) is -1.94. The molecule has 0 aliphatic heterocycles. The highest BCUT2D eigenvalue weighted by atomic mass is 32.2. The number of fused-ring (bicyclic) bond motifs is 3. The normalized spacial score (nSPS) is 15.2. The maximum Gasteiger partial charge on any atom is 0.257 e. The molecule has 7 nitrogen and oxygen atoms in total. The van der Waals surface area contributed by atoms with E-state index >= 15 is 0 Å². The fraction of sp³-hybridized carbons (Fsp3) is 0.318. The van der Waals surface area contributed by atoms with Crippen molar-refractivity contribution in [1.29, 1.82) is 0 Å². The Morgan fingerprint density at radius 3 is 2.50 bits per heavy atom. The van der Waals surface area contributed by atoms with Crippen LogP contribution in [0.4, 0.5) is 5.13 Å². The third-order valence-electron chi connectivity index (χ3n) is 5.87. The molecule has 0 spiro atoms. The van der Waals surface area contributed by atoms with E-state index in [0.717, 1.165) is 51.1 Å². The van der Waals surface area contributed by atoms with Crippen LogP contribution < -0.4 is 5.32 Å². The lowest BCUT2D eigenvalue weighted by molar-refractivity contribution is 0.102. The molecule has 1 saturated carbocycles. The van der Waals surface area contributed by atoms with E-state index in [9.17, 15) is 13.2 Å². The molecule has 2 aromatic heterocycles. The van der Waals surface area contributed by atoms with Crippen molar-refractivity contribution in [2.24, 2.45) is 0 Å². The molecule has 5 rings (SSSR count). The van der Waals surface area contributed by atoms with Crippen LogP contribution in [0.5, 0.6) is 0 Å². The van der Waals surface area contributed by atoms with Crippen LogP contribution in [0.25, 0.3) is 20.4 Å². The molecule has 0 atom stereocenters. The van der Waals surface area contributed by atoms with Gasteiger partial charge >= 0.3 is 0 Å². The molecule has 32 heavy (non-hydrogen) atoms. The number of aromatic nitrogens is 2. The molecule has 1 N–H and O–H groups in total. The first-order valence-corrected chi connectivity index (χ1v) is 13.5. The second kappa shape index (κ2) is 8.18. The van der Waals surface area contributed by atoms with E-state index in [2.05, 4.69) is 15.3 Å². The number of hydrogen-bond donors (Lipinski definition) is 1. The highest BCUT2D eigenvalue weighted by Crippen LogP contribution is 2.35. The van der Waals surface area contributed by atoms with Gasteiger partial charge in [0.25, 0.3) is 5.91 Å². The Morgan fingerprint density at radius 1 is 1.06 bits per heavy atom. The van der Waals surface area contributed by atoms with Crippen LogP contribution in [0.1, 0.15) is 41.0 Å². The number of carbonyl (C=O) groups excluding carboxylic acids is 1. The first kappa shape index (κ1) is 21.4. The van der Waals surface area contributed by atoms with Crippen LogP contribution in [-0.2, 0) is 10.0 Å². The van der Waals surface area contributed by atoms with Crippen LogP contribution in [-0.4, -0.2) is 41.7 Å². The number of hydrogen-bond acceptors (Lipinski definition) is 7. The number of rotatable bonds is 5. The molecule has 0 radical (unpaired) electrons. The van der Waals surface area contributed by atoms with E-state index in [-0.39, 0.29) is 16.8 Å². The fourth-order valence-corrected chi connectivity index (χ4v) is 7.39. The van der Waals surface area contributed by atoms with E-state index < -0.39 is 10.0 Å². The SMILES string of the molecule is Cc1nc2c(ccc3nc(NC(=O)c4ccc(S(=O)(=O)N(C)C5CCCC5)cc4)sc32)s1. The minimum Gasteiger partial charge on any atom is -0.298 e. The topological polar surface area (TPSA) is 92.3 Å². The number of sulfonamides is 1. The number of anilines is 1. The first-order valence-electron chi connectivity index (χ1n) is 10.4. The minimum atomic E-state index is -3.57. The average Bonchev–Trinajstić information content (AvgIpc) is 3.51. The van der Waals surface area contributed by atoms with Gasteiger partial charge in [-0.2, -0.15) is 4.31 Å². The molecule has 2 heterocycles. The Balaban J connectivity index is 1.35. The average molecular weight is 487 g/mol. The Bertz CT molecular complexity index is 1420. The molecule has 4 aromatic rings. The maximum absolute atomic E-state index is 12.9. The van der Waals surface area contributed by atoms with Crippen molar-refractivity contribution in [3.63, 3.8) is 0 Å². The molecule has 0 bridgehead atoms. The maximum atomic E-state index is 12.9. The number of nitrogens with zero attached hydrogens (tertiary/aromatic N) is 3. The third kappa shape index (κ3) is 3.81. The quantitative estimate of drug-likeness (QED) is 0.427. The molecule has 10 heteroatoms. The largest absolute Gasteiger partial charge is 0.298 e. The van der Waals surface area contributed by atoms with Crippen LogP contribution in [0, 0.1) is 6.92 Å². The van der Waals surface area contributed by atoms with Gasteiger partial charge in [-0.15, -0.1) is 11.3 Å². The van der Waals surface area contributed by atoms with Gasteiger partial charge in [0.1, 0.15) is 5.52 Å². The van der Waals surface area contributed by atoms with E-state index in [4.69, 9.17) is 0 Å². The van der Waals surface area contributed by atoms with E-state index in [1.807, 2.05) is 19.1 Å². The number of benzene rings is 2. The van der Waals surface area contributed by atoms with Gasteiger partial charge in [-0.25, -0.2) is 18.4 Å². The van der Waals surface area contributed by atoms with Gasteiger partial charge in [0.2, 0.25) is 10.0 Å². The van der Waals surface area contributed by atoms with Crippen molar-refractivity contribution in [2.75, 3.05) is 12.4 Å². The predicted octanol–water partition coefficient (Wildman–Crippen LogP) is 5.03. The van der Waals surface area contributed by atoms with Crippen molar-refractivity contribution in [3.8, 4) is 0 Å². The number of carbonyl (C=O) groups is 1. The standard InChI is InChI=1S/C22H22N4O3S3/c1-13-23-19-18(30-13)12-11-17-20(19)31-22(24-17)25-21(27)14-7-9-16(10-8-14)32(28,29)26(2)15-5-3-4-6-15/h7-12,15H,3-6H2,1-2H3,(H,24,25,27). The summed E-state index contributed by atoms with van der Waals surface area (Å²) < 4.78 is 29.3. The summed E-state index contributed by atoms with van der Waals surface area (Å²) in [4.78, 5) is 22.0. The van der Waals surface area contributed by atoms with Gasteiger partial charge < -0.3 is 0 Å². The second-order valence-corrected chi connectivity index (χ2v) is 12.2. The van der Waals surface area contributed by atoms with Crippen LogP contribution >= 0.6 is 22.7 Å². The lowest BCUT2D eigenvalue weighted by atomic mass is 10.2. The van der Waals surface area contributed by atoms with Gasteiger partial charge in [-0.1, -0.05) is 24.2 Å². The third-order valence-corrected chi connectivity index (χ3v) is 9.73. The molecule has 1 aliphatic rings. The number of amides is 1. The molecule has 2 aromatic carbocycles. The fourth-order valence-electron chi connectivity index (χ4n) is 4.12. The van der Waals surface area contributed by atoms with E-state index in [0.29, 0.717) is 10.7 Å².